The zero-order chi connectivity index (χ0) is 17.3. The molecule has 2 aromatic carbocycles. The van der Waals surface area contributed by atoms with Crippen LogP contribution >= 0.6 is 12.6 Å². The summed E-state index contributed by atoms with van der Waals surface area (Å²) in [6, 6.07) is 21.0. The van der Waals surface area contributed by atoms with Crippen LogP contribution in [0.4, 0.5) is 0 Å². The third-order valence-corrected chi connectivity index (χ3v) is 4.92. The normalized spacial score (nSPS) is 17.5. The Balaban J connectivity index is 1.31. The fourth-order valence-electron chi connectivity index (χ4n) is 3.21. The molecule has 2 aromatic rings. The van der Waals surface area contributed by atoms with Crippen molar-refractivity contribution in [1.82, 2.24) is 9.80 Å². The van der Waals surface area contributed by atoms with E-state index in [2.05, 4.69) is 52.3 Å². The number of hydrogen-bond donors (Lipinski definition) is 1. The molecule has 0 spiro atoms. The van der Waals surface area contributed by atoms with Crippen LogP contribution in [0.15, 0.2) is 60.7 Å². The Morgan fingerprint density at radius 3 is 2.00 bits per heavy atom. The van der Waals surface area contributed by atoms with E-state index in [4.69, 9.17) is 17.4 Å². The van der Waals surface area contributed by atoms with Crippen LogP contribution in [0.3, 0.4) is 0 Å². The van der Waals surface area contributed by atoms with Gasteiger partial charge in [0.2, 0.25) is 0 Å². The van der Waals surface area contributed by atoms with Crippen LogP contribution in [0.2, 0.25) is 0 Å². The molecular formula is C21H28N2OS. The molecule has 3 rings (SSSR count). The summed E-state index contributed by atoms with van der Waals surface area (Å²) >= 11 is 4.71. The molecule has 3 nitrogen and oxygen atoms in total. The first kappa shape index (κ1) is 18.5. The SMILES string of the molecule is S[C@H](COCc1ccccc1)CN1CCN(Cc2ccccc2)CC1. The van der Waals surface area contributed by atoms with Crippen molar-refractivity contribution in [3.63, 3.8) is 0 Å². The molecule has 0 aromatic heterocycles. The third kappa shape index (κ3) is 6.48. The molecule has 4 heteroatoms. The fourth-order valence-corrected chi connectivity index (χ4v) is 3.55. The van der Waals surface area contributed by atoms with Crippen LogP contribution in [-0.4, -0.2) is 54.4 Å². The number of thiol groups is 1. The molecule has 1 atom stereocenters. The van der Waals surface area contributed by atoms with E-state index in [1.54, 1.807) is 0 Å². The van der Waals surface area contributed by atoms with E-state index < -0.39 is 0 Å². The van der Waals surface area contributed by atoms with E-state index >= 15 is 0 Å². The molecule has 0 amide bonds. The Bertz CT molecular complexity index is 600. The maximum absolute atomic E-state index is 5.81. The average Bonchev–Trinajstić information content (AvgIpc) is 2.65. The maximum atomic E-state index is 5.81. The third-order valence-electron chi connectivity index (χ3n) is 4.60. The zero-order valence-electron chi connectivity index (χ0n) is 14.8. The van der Waals surface area contributed by atoms with Crippen molar-refractivity contribution < 1.29 is 4.74 Å². The van der Waals surface area contributed by atoms with Crippen molar-refractivity contribution in [1.29, 1.82) is 0 Å². The number of rotatable bonds is 8. The van der Waals surface area contributed by atoms with Gasteiger partial charge in [0, 0.05) is 44.5 Å². The van der Waals surface area contributed by atoms with Gasteiger partial charge in [0.05, 0.1) is 13.2 Å². The van der Waals surface area contributed by atoms with Gasteiger partial charge in [0.25, 0.3) is 0 Å². The Labute approximate surface area is 157 Å². The van der Waals surface area contributed by atoms with Crippen LogP contribution in [-0.2, 0) is 17.9 Å². The van der Waals surface area contributed by atoms with Gasteiger partial charge in [-0.2, -0.15) is 12.6 Å². The summed E-state index contributed by atoms with van der Waals surface area (Å²) in [5.41, 5.74) is 2.62. The molecular weight excluding hydrogens is 328 g/mol. The molecule has 1 fully saturated rings. The largest absolute Gasteiger partial charge is 0.376 e. The van der Waals surface area contributed by atoms with Crippen LogP contribution in [0, 0.1) is 0 Å². The summed E-state index contributed by atoms with van der Waals surface area (Å²) in [7, 11) is 0. The van der Waals surface area contributed by atoms with E-state index in [9.17, 15) is 0 Å². The number of piperazine rings is 1. The van der Waals surface area contributed by atoms with Crippen LogP contribution in [0.1, 0.15) is 11.1 Å². The molecule has 0 aliphatic carbocycles. The minimum absolute atomic E-state index is 0.268. The van der Waals surface area contributed by atoms with Crippen molar-refractivity contribution in [2.45, 2.75) is 18.4 Å². The molecule has 0 radical (unpaired) electrons. The second kappa shape index (κ2) is 9.97. The number of benzene rings is 2. The first-order valence-corrected chi connectivity index (χ1v) is 9.59. The van der Waals surface area contributed by atoms with Crippen molar-refractivity contribution >= 4 is 12.6 Å². The molecule has 0 unspecified atom stereocenters. The predicted molar refractivity (Wildman–Crippen MR) is 107 cm³/mol. The predicted octanol–water partition coefficient (Wildman–Crippen LogP) is 3.32. The van der Waals surface area contributed by atoms with Gasteiger partial charge in [-0.25, -0.2) is 0 Å². The fraction of sp³-hybridized carbons (Fsp3) is 0.429. The smallest absolute Gasteiger partial charge is 0.0717 e. The van der Waals surface area contributed by atoms with Gasteiger partial charge in [-0.05, 0) is 11.1 Å². The standard InChI is InChI=1S/C21H28N2OS/c25-21(18-24-17-20-9-5-2-6-10-20)16-23-13-11-22(12-14-23)15-19-7-3-1-4-8-19/h1-10,21,25H,11-18H2/t21-/m0/s1. The minimum Gasteiger partial charge on any atom is -0.376 e. The van der Waals surface area contributed by atoms with Crippen LogP contribution in [0.5, 0.6) is 0 Å². The lowest BCUT2D eigenvalue weighted by Gasteiger charge is -2.35. The van der Waals surface area contributed by atoms with Gasteiger partial charge in [0.15, 0.2) is 0 Å². The van der Waals surface area contributed by atoms with Gasteiger partial charge in [0.1, 0.15) is 0 Å². The van der Waals surface area contributed by atoms with Crippen molar-refractivity contribution in [3.8, 4) is 0 Å². The van der Waals surface area contributed by atoms with E-state index in [-0.39, 0.29) is 5.25 Å². The molecule has 1 aliphatic rings. The minimum atomic E-state index is 0.268. The summed E-state index contributed by atoms with van der Waals surface area (Å²) < 4.78 is 5.81. The Morgan fingerprint density at radius 2 is 1.36 bits per heavy atom. The second-order valence-electron chi connectivity index (χ2n) is 6.72. The first-order chi connectivity index (χ1) is 12.3. The number of nitrogens with zero attached hydrogens (tertiary/aromatic N) is 2. The highest BCUT2D eigenvalue weighted by Gasteiger charge is 2.18. The zero-order valence-corrected chi connectivity index (χ0v) is 15.7. The highest BCUT2D eigenvalue weighted by Crippen LogP contribution is 2.10. The Hall–Kier alpha value is -1.33. The van der Waals surface area contributed by atoms with Gasteiger partial charge in [-0.3, -0.25) is 9.80 Å². The highest BCUT2D eigenvalue weighted by molar-refractivity contribution is 7.81. The summed E-state index contributed by atoms with van der Waals surface area (Å²) in [5, 5.41) is 0.268. The average molecular weight is 357 g/mol. The lowest BCUT2D eigenvalue weighted by Crippen LogP contribution is -2.47. The topological polar surface area (TPSA) is 15.7 Å². The molecule has 1 heterocycles. The lowest BCUT2D eigenvalue weighted by molar-refractivity contribution is 0.0941. The van der Waals surface area contributed by atoms with Gasteiger partial charge in [-0.15, -0.1) is 0 Å². The molecule has 0 N–H and O–H groups in total. The Morgan fingerprint density at radius 1 is 0.800 bits per heavy atom. The molecule has 0 bridgehead atoms. The van der Waals surface area contributed by atoms with E-state index in [0.29, 0.717) is 13.2 Å². The van der Waals surface area contributed by atoms with Gasteiger partial charge in [-0.1, -0.05) is 60.7 Å². The van der Waals surface area contributed by atoms with Crippen LogP contribution < -0.4 is 0 Å². The van der Waals surface area contributed by atoms with Crippen LogP contribution in [0.25, 0.3) is 0 Å². The summed E-state index contributed by atoms with van der Waals surface area (Å²) in [4.78, 5) is 5.04. The monoisotopic (exact) mass is 356 g/mol. The number of hydrogen-bond acceptors (Lipinski definition) is 4. The maximum Gasteiger partial charge on any atom is 0.0717 e. The summed E-state index contributed by atoms with van der Waals surface area (Å²) in [6.07, 6.45) is 0. The molecule has 25 heavy (non-hydrogen) atoms. The first-order valence-electron chi connectivity index (χ1n) is 9.08. The van der Waals surface area contributed by atoms with E-state index in [1.165, 1.54) is 11.1 Å². The second-order valence-corrected chi connectivity index (χ2v) is 7.45. The van der Waals surface area contributed by atoms with Crippen molar-refractivity contribution in [2.24, 2.45) is 0 Å². The summed E-state index contributed by atoms with van der Waals surface area (Å²) in [6.45, 7) is 7.90. The van der Waals surface area contributed by atoms with E-state index in [1.807, 2.05) is 18.2 Å². The lowest BCUT2D eigenvalue weighted by atomic mass is 10.2. The molecule has 0 saturated carbocycles. The highest BCUT2D eigenvalue weighted by atomic mass is 32.1. The van der Waals surface area contributed by atoms with Crippen molar-refractivity contribution in [3.05, 3.63) is 71.8 Å². The summed E-state index contributed by atoms with van der Waals surface area (Å²) in [5.74, 6) is 0. The van der Waals surface area contributed by atoms with Gasteiger partial charge >= 0.3 is 0 Å². The van der Waals surface area contributed by atoms with Gasteiger partial charge < -0.3 is 4.74 Å². The molecule has 1 aliphatic heterocycles. The quantitative estimate of drug-likeness (QED) is 0.731. The number of ether oxygens (including phenoxy) is 1. The van der Waals surface area contributed by atoms with E-state index in [0.717, 1.165) is 39.3 Å². The Kier molecular flexibility index (Phi) is 7.37. The molecule has 1 saturated heterocycles. The molecule has 134 valence electrons. The van der Waals surface area contributed by atoms with Crippen molar-refractivity contribution in [2.75, 3.05) is 39.3 Å².